The molecule has 2 unspecified atom stereocenters. The van der Waals surface area contributed by atoms with Crippen LogP contribution in [0.25, 0.3) is 22.3 Å². The SMILES string of the molecule is Cc1[nH]nc2nc(-c3ccc(O)c(F)c3)cc(C(=O)N3CCCC4CNCCC43)c12. The van der Waals surface area contributed by atoms with Crippen LogP contribution in [-0.2, 0) is 0 Å². The molecule has 2 atom stereocenters. The Morgan fingerprint density at radius 3 is 3.00 bits per heavy atom. The number of piperidine rings is 2. The Morgan fingerprint density at radius 2 is 2.17 bits per heavy atom. The third-order valence-corrected chi connectivity index (χ3v) is 6.38. The zero-order valence-corrected chi connectivity index (χ0v) is 16.8. The number of nitrogens with zero attached hydrogens (tertiary/aromatic N) is 3. The van der Waals surface area contributed by atoms with Crippen LogP contribution < -0.4 is 5.32 Å². The van der Waals surface area contributed by atoms with E-state index in [9.17, 15) is 14.3 Å². The van der Waals surface area contributed by atoms with Crippen LogP contribution in [0.5, 0.6) is 5.75 Å². The Kier molecular flexibility index (Phi) is 4.66. The van der Waals surface area contributed by atoms with Crippen LogP contribution in [0, 0.1) is 18.7 Å². The standard InChI is InChI=1S/C22H24FN5O2/c1-12-20-15(22(30)28-8-2-3-14-11-24-7-6-18(14)28)10-17(25-21(20)27-26-12)13-4-5-19(29)16(23)9-13/h4-5,9-10,14,18,24,29H,2-3,6-8,11H2,1H3,(H,25,26,27). The van der Waals surface area contributed by atoms with E-state index in [2.05, 4.69) is 20.5 Å². The molecule has 0 saturated carbocycles. The lowest BCUT2D eigenvalue weighted by Gasteiger charge is -2.44. The van der Waals surface area contributed by atoms with Gasteiger partial charge in [0.05, 0.1) is 16.6 Å². The number of benzene rings is 1. The average Bonchev–Trinajstić information content (AvgIpc) is 3.15. The minimum atomic E-state index is -0.728. The van der Waals surface area contributed by atoms with Crippen molar-refractivity contribution in [3.8, 4) is 17.0 Å². The Hall–Kier alpha value is -3.00. The van der Waals surface area contributed by atoms with Gasteiger partial charge in [-0.05, 0) is 69.5 Å². The van der Waals surface area contributed by atoms with Gasteiger partial charge in [0.25, 0.3) is 5.91 Å². The fraction of sp³-hybridized carbons (Fsp3) is 0.409. The van der Waals surface area contributed by atoms with Crippen LogP contribution in [0.4, 0.5) is 4.39 Å². The molecule has 7 nitrogen and oxygen atoms in total. The molecule has 0 spiro atoms. The van der Waals surface area contributed by atoms with E-state index in [0.29, 0.717) is 33.8 Å². The van der Waals surface area contributed by atoms with Gasteiger partial charge in [-0.25, -0.2) is 9.37 Å². The number of amides is 1. The van der Waals surface area contributed by atoms with E-state index >= 15 is 0 Å². The van der Waals surface area contributed by atoms with Crippen molar-refractivity contribution in [2.24, 2.45) is 5.92 Å². The third kappa shape index (κ3) is 3.11. The fourth-order valence-corrected chi connectivity index (χ4v) is 4.87. The van der Waals surface area contributed by atoms with Crippen LogP contribution in [-0.4, -0.2) is 56.8 Å². The van der Waals surface area contributed by atoms with Crippen molar-refractivity contribution in [3.05, 3.63) is 41.3 Å². The lowest BCUT2D eigenvalue weighted by molar-refractivity contribution is 0.0424. The Morgan fingerprint density at radius 1 is 1.30 bits per heavy atom. The van der Waals surface area contributed by atoms with Gasteiger partial charge in [-0.15, -0.1) is 0 Å². The number of pyridine rings is 1. The second kappa shape index (κ2) is 7.36. The molecule has 30 heavy (non-hydrogen) atoms. The Labute approximate surface area is 173 Å². The number of fused-ring (bicyclic) bond motifs is 2. The minimum Gasteiger partial charge on any atom is -0.505 e. The maximum atomic E-state index is 13.9. The molecule has 2 fully saturated rings. The first kappa shape index (κ1) is 19.0. The number of aromatic nitrogens is 3. The van der Waals surface area contributed by atoms with Crippen molar-refractivity contribution in [2.75, 3.05) is 19.6 Å². The third-order valence-electron chi connectivity index (χ3n) is 6.38. The number of aromatic amines is 1. The number of aryl methyl sites for hydroxylation is 1. The second-order valence-corrected chi connectivity index (χ2v) is 8.23. The van der Waals surface area contributed by atoms with Gasteiger partial charge in [0.15, 0.2) is 17.2 Å². The smallest absolute Gasteiger partial charge is 0.255 e. The molecule has 2 saturated heterocycles. The monoisotopic (exact) mass is 409 g/mol. The van der Waals surface area contributed by atoms with Crippen molar-refractivity contribution >= 4 is 16.9 Å². The van der Waals surface area contributed by atoms with Crippen molar-refractivity contribution in [2.45, 2.75) is 32.2 Å². The number of hydrogen-bond donors (Lipinski definition) is 3. The van der Waals surface area contributed by atoms with E-state index in [-0.39, 0.29) is 11.9 Å². The minimum absolute atomic E-state index is 0.0241. The highest BCUT2D eigenvalue weighted by Crippen LogP contribution is 2.33. The van der Waals surface area contributed by atoms with E-state index in [1.54, 1.807) is 12.1 Å². The van der Waals surface area contributed by atoms with E-state index < -0.39 is 11.6 Å². The van der Waals surface area contributed by atoms with Crippen LogP contribution >= 0.6 is 0 Å². The van der Waals surface area contributed by atoms with E-state index in [1.807, 2.05) is 11.8 Å². The summed E-state index contributed by atoms with van der Waals surface area (Å²) in [6.45, 7) is 4.48. The molecular formula is C22H24FN5O2. The van der Waals surface area contributed by atoms with Crippen LogP contribution in [0.15, 0.2) is 24.3 Å². The summed E-state index contributed by atoms with van der Waals surface area (Å²) < 4.78 is 13.9. The molecule has 2 aliphatic rings. The maximum Gasteiger partial charge on any atom is 0.255 e. The van der Waals surface area contributed by atoms with Gasteiger partial charge >= 0.3 is 0 Å². The highest BCUT2D eigenvalue weighted by molar-refractivity contribution is 6.07. The molecule has 1 amide bonds. The molecule has 0 radical (unpaired) electrons. The number of phenolic OH excluding ortho intramolecular Hbond substituents is 1. The van der Waals surface area contributed by atoms with E-state index in [4.69, 9.17) is 0 Å². The first-order valence-electron chi connectivity index (χ1n) is 10.4. The number of H-pyrrole nitrogens is 1. The molecule has 4 heterocycles. The van der Waals surface area contributed by atoms with Crippen LogP contribution in [0.2, 0.25) is 0 Å². The Bertz CT molecular complexity index is 1130. The summed E-state index contributed by atoms with van der Waals surface area (Å²) in [5.41, 5.74) is 2.69. The second-order valence-electron chi connectivity index (χ2n) is 8.23. The van der Waals surface area contributed by atoms with Gasteiger partial charge in [-0.3, -0.25) is 9.89 Å². The summed E-state index contributed by atoms with van der Waals surface area (Å²) >= 11 is 0. The maximum absolute atomic E-state index is 13.9. The summed E-state index contributed by atoms with van der Waals surface area (Å²) in [5.74, 6) is -0.694. The lowest BCUT2D eigenvalue weighted by atomic mass is 9.84. The van der Waals surface area contributed by atoms with Crippen molar-refractivity contribution in [1.29, 1.82) is 0 Å². The van der Waals surface area contributed by atoms with E-state index in [1.165, 1.54) is 12.1 Å². The fourth-order valence-electron chi connectivity index (χ4n) is 4.87. The van der Waals surface area contributed by atoms with Gasteiger partial charge in [-0.1, -0.05) is 0 Å². The first-order valence-corrected chi connectivity index (χ1v) is 10.4. The van der Waals surface area contributed by atoms with Crippen molar-refractivity contribution in [3.63, 3.8) is 0 Å². The molecular weight excluding hydrogens is 385 g/mol. The molecule has 2 aromatic heterocycles. The molecule has 3 N–H and O–H groups in total. The predicted molar refractivity (Wildman–Crippen MR) is 111 cm³/mol. The number of phenols is 1. The number of hydrogen-bond acceptors (Lipinski definition) is 5. The highest BCUT2D eigenvalue weighted by Gasteiger charge is 2.37. The number of carbonyl (C=O) groups excluding carboxylic acids is 1. The number of nitrogens with one attached hydrogen (secondary N) is 2. The largest absolute Gasteiger partial charge is 0.505 e. The lowest BCUT2D eigenvalue weighted by Crippen LogP contribution is -2.54. The number of halogens is 1. The summed E-state index contributed by atoms with van der Waals surface area (Å²) in [7, 11) is 0. The topological polar surface area (TPSA) is 94.1 Å². The van der Waals surface area contributed by atoms with Crippen molar-refractivity contribution in [1.82, 2.24) is 25.4 Å². The summed E-state index contributed by atoms with van der Waals surface area (Å²) in [6.07, 6.45) is 3.07. The predicted octanol–water partition coefficient (Wildman–Crippen LogP) is 2.99. The number of carbonyl (C=O) groups is 1. The summed E-state index contributed by atoms with van der Waals surface area (Å²) in [6, 6.07) is 6.06. The number of aromatic hydroxyl groups is 1. The number of likely N-dealkylation sites (tertiary alicyclic amines) is 1. The summed E-state index contributed by atoms with van der Waals surface area (Å²) in [5, 5.41) is 20.8. The Balaban J connectivity index is 1.61. The number of rotatable bonds is 2. The van der Waals surface area contributed by atoms with Gasteiger partial charge in [-0.2, -0.15) is 5.10 Å². The zero-order chi connectivity index (χ0) is 20.8. The van der Waals surface area contributed by atoms with Crippen LogP contribution in [0.1, 0.15) is 35.3 Å². The molecule has 2 aliphatic heterocycles. The first-order chi connectivity index (χ1) is 14.5. The van der Waals surface area contributed by atoms with Gasteiger partial charge in [0.2, 0.25) is 0 Å². The molecule has 5 rings (SSSR count). The molecule has 0 bridgehead atoms. The zero-order valence-electron chi connectivity index (χ0n) is 16.8. The van der Waals surface area contributed by atoms with Crippen molar-refractivity contribution < 1.29 is 14.3 Å². The highest BCUT2D eigenvalue weighted by atomic mass is 19.1. The quantitative estimate of drug-likeness (QED) is 0.605. The normalized spacial score (nSPS) is 21.6. The van der Waals surface area contributed by atoms with Gasteiger partial charge in [0, 0.05) is 23.8 Å². The van der Waals surface area contributed by atoms with Gasteiger partial charge < -0.3 is 15.3 Å². The molecule has 0 aliphatic carbocycles. The summed E-state index contributed by atoms with van der Waals surface area (Å²) in [4.78, 5) is 20.3. The van der Waals surface area contributed by atoms with E-state index in [0.717, 1.165) is 44.6 Å². The average molecular weight is 409 g/mol. The molecule has 156 valence electrons. The molecule has 8 heteroatoms. The molecule has 3 aromatic rings. The van der Waals surface area contributed by atoms with Crippen LogP contribution in [0.3, 0.4) is 0 Å². The van der Waals surface area contributed by atoms with Gasteiger partial charge in [0.1, 0.15) is 0 Å². The molecule has 1 aromatic carbocycles.